The Bertz CT molecular complexity index is 1010. The monoisotopic (exact) mass is 398 g/mol. The topological polar surface area (TPSA) is 66.5 Å². The third-order valence-corrected chi connectivity index (χ3v) is 8.06. The summed E-state index contributed by atoms with van der Waals surface area (Å²) in [7, 11) is -2.27. The minimum Gasteiger partial charge on any atom is -0.384 e. The summed E-state index contributed by atoms with van der Waals surface area (Å²) >= 11 is 0. The Morgan fingerprint density at radius 3 is 2.50 bits per heavy atom. The standard InChI is InChI=1S/C22H26N2O3S/c1-16-9-11-18(12-10-16)28(26,27)24(2)22(14-4-3-8-20(22)25)19-7-5-6-17-13-15-23-21(17)19/h5-7,9-12,23H,3-4,8,13-15H2,1-2H3/t22-/m1/s1. The highest BCUT2D eigenvalue weighted by molar-refractivity contribution is 7.89. The van der Waals surface area contributed by atoms with E-state index in [0.29, 0.717) is 12.8 Å². The average Bonchev–Trinajstić information content (AvgIpc) is 3.17. The lowest BCUT2D eigenvalue weighted by Crippen LogP contribution is -2.54. The molecule has 1 heterocycles. The molecule has 6 heteroatoms. The number of carbonyl (C=O) groups is 1. The Kier molecular flexibility index (Phi) is 4.79. The Balaban J connectivity index is 1.89. The van der Waals surface area contributed by atoms with Crippen LogP contribution in [0.3, 0.4) is 0 Å². The molecule has 2 aromatic carbocycles. The number of carbonyl (C=O) groups excluding carboxylic acids is 1. The number of hydrogen-bond donors (Lipinski definition) is 1. The minimum absolute atomic E-state index is 0.0148. The average molecular weight is 399 g/mol. The summed E-state index contributed by atoms with van der Waals surface area (Å²) in [6.45, 7) is 2.73. The molecule has 0 spiro atoms. The predicted molar refractivity (Wildman–Crippen MR) is 110 cm³/mol. The number of aryl methyl sites for hydroxylation is 1. The number of benzene rings is 2. The van der Waals surface area contributed by atoms with Crippen LogP contribution in [0.4, 0.5) is 5.69 Å². The fourth-order valence-electron chi connectivity index (χ4n) is 4.56. The van der Waals surface area contributed by atoms with Crippen LogP contribution in [0.25, 0.3) is 0 Å². The third kappa shape index (κ3) is 2.86. The number of Topliss-reactive ketones (excluding diaryl/α,β-unsaturated/α-hetero) is 1. The fourth-order valence-corrected chi connectivity index (χ4v) is 6.06. The maximum absolute atomic E-state index is 13.5. The van der Waals surface area contributed by atoms with Gasteiger partial charge in [0.05, 0.1) is 4.90 Å². The number of nitrogens with zero attached hydrogens (tertiary/aromatic N) is 1. The Morgan fingerprint density at radius 2 is 1.79 bits per heavy atom. The van der Waals surface area contributed by atoms with E-state index in [2.05, 4.69) is 5.32 Å². The minimum atomic E-state index is -3.83. The van der Waals surface area contributed by atoms with Gasteiger partial charge in [-0.2, -0.15) is 4.31 Å². The maximum atomic E-state index is 13.5. The van der Waals surface area contributed by atoms with E-state index in [1.165, 1.54) is 4.31 Å². The van der Waals surface area contributed by atoms with Crippen molar-refractivity contribution in [3.05, 3.63) is 59.2 Å². The van der Waals surface area contributed by atoms with Gasteiger partial charge in [0.2, 0.25) is 10.0 Å². The number of ketones is 1. The highest BCUT2D eigenvalue weighted by Gasteiger charge is 2.51. The first kappa shape index (κ1) is 19.2. The molecule has 5 nitrogen and oxygen atoms in total. The van der Waals surface area contributed by atoms with Gasteiger partial charge in [0.15, 0.2) is 5.78 Å². The molecule has 0 saturated heterocycles. The predicted octanol–water partition coefficient (Wildman–Crippen LogP) is 3.62. The first-order chi connectivity index (χ1) is 13.4. The first-order valence-electron chi connectivity index (χ1n) is 9.82. The number of para-hydroxylation sites is 1. The van der Waals surface area contributed by atoms with E-state index in [-0.39, 0.29) is 10.7 Å². The number of anilines is 1. The smallest absolute Gasteiger partial charge is 0.244 e. The molecule has 1 atom stereocenters. The molecule has 1 aliphatic heterocycles. The molecule has 0 unspecified atom stereocenters. The van der Waals surface area contributed by atoms with Crippen LogP contribution in [-0.2, 0) is 26.8 Å². The SMILES string of the molecule is Cc1ccc(S(=O)(=O)N(C)[C@@]2(c3cccc4c3NCC4)CCCCC2=O)cc1. The quantitative estimate of drug-likeness (QED) is 0.854. The van der Waals surface area contributed by atoms with E-state index < -0.39 is 15.6 Å². The van der Waals surface area contributed by atoms with Gasteiger partial charge in [0, 0.05) is 31.3 Å². The van der Waals surface area contributed by atoms with Gasteiger partial charge >= 0.3 is 0 Å². The van der Waals surface area contributed by atoms with Crippen LogP contribution >= 0.6 is 0 Å². The van der Waals surface area contributed by atoms with Crippen molar-refractivity contribution in [2.75, 3.05) is 18.9 Å². The van der Waals surface area contributed by atoms with E-state index in [9.17, 15) is 13.2 Å². The summed E-state index contributed by atoms with van der Waals surface area (Å²) in [6, 6.07) is 12.7. The molecule has 148 valence electrons. The number of sulfonamides is 1. The van der Waals surface area contributed by atoms with Crippen molar-refractivity contribution in [1.29, 1.82) is 0 Å². The highest BCUT2D eigenvalue weighted by atomic mass is 32.2. The van der Waals surface area contributed by atoms with Crippen LogP contribution in [0.1, 0.15) is 42.4 Å². The van der Waals surface area contributed by atoms with Crippen molar-refractivity contribution < 1.29 is 13.2 Å². The van der Waals surface area contributed by atoms with Crippen LogP contribution in [0.5, 0.6) is 0 Å². The van der Waals surface area contributed by atoms with Gasteiger partial charge < -0.3 is 5.32 Å². The Hall–Kier alpha value is -2.18. The third-order valence-electron chi connectivity index (χ3n) is 6.16. The van der Waals surface area contributed by atoms with Crippen molar-refractivity contribution in [3.63, 3.8) is 0 Å². The second-order valence-electron chi connectivity index (χ2n) is 7.79. The molecule has 4 rings (SSSR count). The molecular formula is C22H26N2O3S. The van der Waals surface area contributed by atoms with Crippen LogP contribution in [0, 0.1) is 6.92 Å². The molecule has 2 aromatic rings. The largest absolute Gasteiger partial charge is 0.384 e. The molecule has 1 fully saturated rings. The summed E-state index contributed by atoms with van der Waals surface area (Å²) < 4.78 is 28.4. The van der Waals surface area contributed by atoms with Crippen LogP contribution in [0.2, 0.25) is 0 Å². The lowest BCUT2D eigenvalue weighted by Gasteiger charge is -2.43. The van der Waals surface area contributed by atoms with Crippen molar-refractivity contribution in [2.24, 2.45) is 0 Å². The van der Waals surface area contributed by atoms with E-state index in [1.54, 1.807) is 31.3 Å². The second kappa shape index (κ2) is 7.01. The van der Waals surface area contributed by atoms with Crippen LogP contribution in [0.15, 0.2) is 47.4 Å². The zero-order chi connectivity index (χ0) is 19.9. The zero-order valence-electron chi connectivity index (χ0n) is 16.4. The summed E-state index contributed by atoms with van der Waals surface area (Å²) in [5, 5.41) is 3.39. The number of hydrogen-bond acceptors (Lipinski definition) is 4. The molecule has 1 aliphatic carbocycles. The molecule has 2 aliphatic rings. The number of likely N-dealkylation sites (N-methyl/N-ethyl adjacent to an activating group) is 1. The zero-order valence-corrected chi connectivity index (χ0v) is 17.2. The first-order valence-corrected chi connectivity index (χ1v) is 11.3. The molecule has 1 N–H and O–H groups in total. The molecular weight excluding hydrogens is 372 g/mol. The van der Waals surface area contributed by atoms with Crippen LogP contribution in [-0.4, -0.2) is 32.1 Å². The van der Waals surface area contributed by atoms with Gasteiger partial charge in [-0.3, -0.25) is 4.79 Å². The lowest BCUT2D eigenvalue weighted by molar-refractivity contribution is -0.131. The summed E-state index contributed by atoms with van der Waals surface area (Å²) in [5.41, 5.74) is 2.71. The Morgan fingerprint density at radius 1 is 1.04 bits per heavy atom. The van der Waals surface area contributed by atoms with Crippen molar-refractivity contribution in [3.8, 4) is 0 Å². The van der Waals surface area contributed by atoms with Gasteiger partial charge in [-0.05, 0) is 43.9 Å². The van der Waals surface area contributed by atoms with Gasteiger partial charge in [-0.15, -0.1) is 0 Å². The van der Waals surface area contributed by atoms with E-state index >= 15 is 0 Å². The van der Waals surface area contributed by atoms with E-state index in [4.69, 9.17) is 0 Å². The normalized spacial score (nSPS) is 22.2. The number of fused-ring (bicyclic) bond motifs is 1. The van der Waals surface area contributed by atoms with Gasteiger partial charge in [-0.1, -0.05) is 42.3 Å². The van der Waals surface area contributed by atoms with Crippen LogP contribution < -0.4 is 5.32 Å². The molecule has 0 amide bonds. The second-order valence-corrected chi connectivity index (χ2v) is 9.76. The summed E-state index contributed by atoms with van der Waals surface area (Å²) in [6.07, 6.45) is 3.43. The van der Waals surface area contributed by atoms with Gasteiger partial charge in [0.25, 0.3) is 0 Å². The van der Waals surface area contributed by atoms with Gasteiger partial charge in [0.1, 0.15) is 5.54 Å². The highest BCUT2D eigenvalue weighted by Crippen LogP contribution is 2.46. The van der Waals surface area contributed by atoms with E-state index in [1.807, 2.05) is 25.1 Å². The molecule has 0 radical (unpaired) electrons. The lowest BCUT2D eigenvalue weighted by atomic mass is 9.74. The molecule has 0 bridgehead atoms. The van der Waals surface area contributed by atoms with Crippen molar-refractivity contribution >= 4 is 21.5 Å². The molecule has 1 saturated carbocycles. The summed E-state index contributed by atoms with van der Waals surface area (Å²) in [4.78, 5) is 13.6. The number of nitrogens with one attached hydrogen (secondary N) is 1. The maximum Gasteiger partial charge on any atom is 0.244 e. The number of rotatable bonds is 4. The fraction of sp³-hybridized carbons (Fsp3) is 0.409. The van der Waals surface area contributed by atoms with Gasteiger partial charge in [-0.25, -0.2) is 8.42 Å². The molecule has 0 aromatic heterocycles. The Labute approximate surface area is 166 Å². The van der Waals surface area contributed by atoms with Crippen molar-refractivity contribution in [1.82, 2.24) is 4.31 Å². The van der Waals surface area contributed by atoms with E-state index in [0.717, 1.165) is 48.2 Å². The summed E-state index contributed by atoms with van der Waals surface area (Å²) in [5.74, 6) is -0.0148. The van der Waals surface area contributed by atoms with Crippen molar-refractivity contribution in [2.45, 2.75) is 49.5 Å². The molecule has 28 heavy (non-hydrogen) atoms.